The van der Waals surface area contributed by atoms with Gasteiger partial charge in [-0.25, -0.2) is 10.4 Å². The smallest absolute Gasteiger partial charge is 0.0448 e. The number of nitrogens with one attached hydrogen (secondary N) is 1. The van der Waals surface area contributed by atoms with Crippen molar-refractivity contribution in [1.82, 2.24) is 15.3 Å². The van der Waals surface area contributed by atoms with E-state index in [0.29, 0.717) is 5.41 Å². The van der Waals surface area contributed by atoms with E-state index in [1.165, 1.54) is 32.1 Å². The number of nitrogens with zero attached hydrogens (tertiary/aromatic N) is 2. The lowest BCUT2D eigenvalue weighted by Gasteiger charge is -2.48. The van der Waals surface area contributed by atoms with Gasteiger partial charge < -0.3 is 10.6 Å². The Kier molecular flexibility index (Phi) is 5.69. The molecule has 1 saturated heterocycles. The average Bonchev–Trinajstić information content (AvgIpc) is 2.50. The molecule has 1 saturated carbocycles. The highest BCUT2D eigenvalue weighted by Gasteiger charge is 2.39. The molecule has 21 heavy (non-hydrogen) atoms. The van der Waals surface area contributed by atoms with Crippen LogP contribution in [0, 0.1) is 11.3 Å². The first-order chi connectivity index (χ1) is 9.91. The minimum absolute atomic E-state index is 0.149. The van der Waals surface area contributed by atoms with E-state index in [1.807, 2.05) is 0 Å². The van der Waals surface area contributed by atoms with Gasteiger partial charge in [-0.1, -0.05) is 27.2 Å². The van der Waals surface area contributed by atoms with Crippen LogP contribution in [0.15, 0.2) is 0 Å². The highest BCUT2D eigenvalue weighted by atomic mass is 15.5. The van der Waals surface area contributed by atoms with Crippen molar-refractivity contribution in [2.45, 2.75) is 58.4 Å². The monoisotopic (exact) mass is 296 g/mol. The lowest BCUT2D eigenvalue weighted by molar-refractivity contribution is 0.0177. The molecule has 1 aliphatic heterocycles. The van der Waals surface area contributed by atoms with Gasteiger partial charge in [-0.3, -0.25) is 0 Å². The second-order valence-electron chi connectivity index (χ2n) is 8.00. The number of hydrazine groups is 1. The maximum atomic E-state index is 6.17. The molecule has 4 nitrogen and oxygen atoms in total. The second-order valence-corrected chi connectivity index (χ2v) is 8.00. The quantitative estimate of drug-likeness (QED) is 0.815. The summed E-state index contributed by atoms with van der Waals surface area (Å²) in [5.41, 5.74) is 10.6. The van der Waals surface area contributed by atoms with Crippen LogP contribution in [0.1, 0.15) is 52.9 Å². The number of hydrogen-bond acceptors (Lipinski definition) is 4. The minimum atomic E-state index is 0.149. The summed E-state index contributed by atoms with van der Waals surface area (Å²) in [7, 11) is 2.20. The first-order valence-electron chi connectivity index (χ1n) is 8.82. The average molecular weight is 297 g/mol. The van der Waals surface area contributed by atoms with E-state index in [2.05, 4.69) is 43.2 Å². The van der Waals surface area contributed by atoms with Gasteiger partial charge in [-0.2, -0.15) is 0 Å². The Morgan fingerprint density at radius 3 is 2.19 bits per heavy atom. The van der Waals surface area contributed by atoms with E-state index in [4.69, 9.17) is 5.73 Å². The maximum Gasteiger partial charge on any atom is 0.0448 e. The summed E-state index contributed by atoms with van der Waals surface area (Å²) >= 11 is 0. The molecule has 4 heteroatoms. The Morgan fingerprint density at radius 2 is 1.71 bits per heavy atom. The number of rotatable bonds is 5. The fourth-order valence-corrected chi connectivity index (χ4v) is 3.86. The third-order valence-electron chi connectivity index (χ3n) is 6.25. The maximum absolute atomic E-state index is 6.17. The van der Waals surface area contributed by atoms with Crippen molar-refractivity contribution in [3.63, 3.8) is 0 Å². The van der Waals surface area contributed by atoms with E-state index in [0.717, 1.165) is 38.6 Å². The van der Waals surface area contributed by atoms with Crippen LogP contribution in [0.4, 0.5) is 0 Å². The van der Waals surface area contributed by atoms with E-state index in [9.17, 15) is 0 Å². The second kappa shape index (κ2) is 6.95. The Hall–Kier alpha value is -0.160. The molecule has 0 aromatic carbocycles. The molecule has 0 spiro atoms. The SMILES string of the molecule is CCC(C)(C)C1CCC(CN)(NN2CCN(C)CC2)CC1. The Morgan fingerprint density at radius 1 is 1.14 bits per heavy atom. The normalized spacial score (nSPS) is 33.3. The predicted molar refractivity (Wildman–Crippen MR) is 90.0 cm³/mol. The summed E-state index contributed by atoms with van der Waals surface area (Å²) in [5, 5.41) is 2.41. The standard InChI is InChI=1S/C17H36N4/c1-5-16(2,3)15-6-8-17(14-18,9-7-15)19-21-12-10-20(4)11-13-21/h15,19H,5-14,18H2,1-4H3. The molecule has 2 fully saturated rings. The lowest BCUT2D eigenvalue weighted by atomic mass is 9.65. The molecular formula is C17H36N4. The zero-order valence-electron chi connectivity index (χ0n) is 14.6. The molecule has 0 atom stereocenters. The van der Waals surface area contributed by atoms with Crippen molar-refractivity contribution >= 4 is 0 Å². The number of piperazine rings is 1. The fraction of sp³-hybridized carbons (Fsp3) is 1.00. The molecule has 124 valence electrons. The van der Waals surface area contributed by atoms with Gasteiger partial charge in [0.2, 0.25) is 0 Å². The van der Waals surface area contributed by atoms with E-state index in [1.54, 1.807) is 0 Å². The molecule has 2 aliphatic rings. The van der Waals surface area contributed by atoms with Gasteiger partial charge in [0.05, 0.1) is 0 Å². The van der Waals surface area contributed by atoms with Crippen molar-refractivity contribution in [2.75, 3.05) is 39.8 Å². The number of hydrogen-bond donors (Lipinski definition) is 2. The van der Waals surface area contributed by atoms with Crippen LogP contribution < -0.4 is 11.2 Å². The van der Waals surface area contributed by atoms with E-state index < -0.39 is 0 Å². The molecular weight excluding hydrogens is 260 g/mol. The first-order valence-corrected chi connectivity index (χ1v) is 8.82. The van der Waals surface area contributed by atoms with E-state index in [-0.39, 0.29) is 5.54 Å². The third kappa shape index (κ3) is 4.19. The summed E-state index contributed by atoms with van der Waals surface area (Å²) < 4.78 is 0. The van der Waals surface area contributed by atoms with Crippen LogP contribution in [-0.4, -0.2) is 55.2 Å². The van der Waals surface area contributed by atoms with Crippen molar-refractivity contribution in [2.24, 2.45) is 17.1 Å². The first kappa shape index (κ1) is 17.2. The highest BCUT2D eigenvalue weighted by Crippen LogP contribution is 2.43. The zero-order chi connectivity index (χ0) is 15.5. The van der Waals surface area contributed by atoms with Crippen molar-refractivity contribution in [1.29, 1.82) is 0 Å². The number of likely N-dealkylation sites (N-methyl/N-ethyl adjacent to an activating group) is 1. The van der Waals surface area contributed by atoms with Crippen LogP contribution in [0.5, 0.6) is 0 Å². The van der Waals surface area contributed by atoms with Crippen LogP contribution in [0.25, 0.3) is 0 Å². The highest BCUT2D eigenvalue weighted by molar-refractivity contribution is 4.96. The predicted octanol–water partition coefficient (Wildman–Crippen LogP) is 2.06. The topological polar surface area (TPSA) is 44.5 Å². The molecule has 2 rings (SSSR count). The van der Waals surface area contributed by atoms with Crippen molar-refractivity contribution in [3.8, 4) is 0 Å². The summed E-state index contributed by atoms with van der Waals surface area (Å²) in [4.78, 5) is 2.40. The molecule has 1 heterocycles. The van der Waals surface area contributed by atoms with Gasteiger partial charge in [0.1, 0.15) is 0 Å². The van der Waals surface area contributed by atoms with Gasteiger partial charge in [-0.15, -0.1) is 0 Å². The molecule has 0 radical (unpaired) electrons. The van der Waals surface area contributed by atoms with Gasteiger partial charge in [0.25, 0.3) is 0 Å². The molecule has 0 unspecified atom stereocenters. The van der Waals surface area contributed by atoms with Crippen LogP contribution >= 0.6 is 0 Å². The van der Waals surface area contributed by atoms with Gasteiger partial charge >= 0.3 is 0 Å². The Labute approximate surface area is 131 Å². The van der Waals surface area contributed by atoms with Gasteiger partial charge in [0, 0.05) is 38.3 Å². The fourth-order valence-electron chi connectivity index (χ4n) is 3.86. The largest absolute Gasteiger partial charge is 0.329 e. The van der Waals surface area contributed by atoms with Crippen LogP contribution in [-0.2, 0) is 0 Å². The summed E-state index contributed by atoms with van der Waals surface area (Å²) in [6, 6.07) is 0. The lowest BCUT2D eigenvalue weighted by Crippen LogP contribution is -2.63. The molecule has 0 aromatic heterocycles. The van der Waals surface area contributed by atoms with Gasteiger partial charge in [-0.05, 0) is 44.1 Å². The Balaban J connectivity index is 1.89. The number of nitrogens with two attached hydrogens (primary N) is 1. The van der Waals surface area contributed by atoms with Crippen molar-refractivity contribution < 1.29 is 0 Å². The summed E-state index contributed by atoms with van der Waals surface area (Å²) in [5.74, 6) is 0.858. The van der Waals surface area contributed by atoms with Crippen LogP contribution in [0.2, 0.25) is 0 Å². The molecule has 0 amide bonds. The van der Waals surface area contributed by atoms with Crippen LogP contribution in [0.3, 0.4) is 0 Å². The molecule has 1 aliphatic carbocycles. The third-order valence-corrected chi connectivity index (χ3v) is 6.25. The van der Waals surface area contributed by atoms with Crippen molar-refractivity contribution in [3.05, 3.63) is 0 Å². The summed E-state index contributed by atoms with van der Waals surface area (Å²) in [6.45, 7) is 12.5. The zero-order valence-corrected chi connectivity index (χ0v) is 14.6. The van der Waals surface area contributed by atoms with E-state index >= 15 is 0 Å². The molecule has 0 bridgehead atoms. The molecule has 3 N–H and O–H groups in total. The summed E-state index contributed by atoms with van der Waals surface area (Å²) in [6.07, 6.45) is 6.37. The van der Waals surface area contributed by atoms with Gasteiger partial charge in [0.15, 0.2) is 0 Å². The molecule has 0 aromatic rings. The Bertz CT molecular complexity index is 313. The minimum Gasteiger partial charge on any atom is -0.329 e.